The SMILES string of the molecule is CCOC(=O)c1cc(OC)n(-c2ccc(C(=O)NCCCOC)cn2)n1. The van der Waals surface area contributed by atoms with E-state index in [1.165, 1.54) is 24.1 Å². The first-order valence-corrected chi connectivity index (χ1v) is 8.15. The van der Waals surface area contributed by atoms with Crippen LogP contribution in [0.1, 0.15) is 34.2 Å². The van der Waals surface area contributed by atoms with Crippen molar-refractivity contribution < 1.29 is 23.8 Å². The van der Waals surface area contributed by atoms with Gasteiger partial charge in [0.05, 0.1) is 19.3 Å². The molecule has 26 heavy (non-hydrogen) atoms. The maximum absolute atomic E-state index is 12.0. The summed E-state index contributed by atoms with van der Waals surface area (Å²) in [5.41, 5.74) is 0.536. The van der Waals surface area contributed by atoms with Crippen LogP contribution in [0, 0.1) is 0 Å². The van der Waals surface area contributed by atoms with Crippen LogP contribution >= 0.6 is 0 Å². The van der Waals surface area contributed by atoms with Crippen LogP contribution in [0.3, 0.4) is 0 Å². The van der Waals surface area contributed by atoms with E-state index < -0.39 is 5.97 Å². The van der Waals surface area contributed by atoms with Gasteiger partial charge >= 0.3 is 5.97 Å². The molecule has 9 heteroatoms. The highest BCUT2D eigenvalue weighted by atomic mass is 16.5. The molecule has 0 unspecified atom stereocenters. The number of carbonyl (C=O) groups excluding carboxylic acids is 2. The summed E-state index contributed by atoms with van der Waals surface area (Å²) >= 11 is 0. The van der Waals surface area contributed by atoms with E-state index in [0.717, 1.165) is 6.42 Å². The maximum Gasteiger partial charge on any atom is 0.358 e. The molecular formula is C17H22N4O5. The number of methoxy groups -OCH3 is 2. The number of esters is 1. The number of ether oxygens (including phenoxy) is 3. The van der Waals surface area contributed by atoms with E-state index in [2.05, 4.69) is 15.4 Å². The zero-order valence-corrected chi connectivity index (χ0v) is 15.0. The standard InChI is InChI=1S/C17H22N4O5/c1-4-26-17(23)13-10-15(25-3)21(20-13)14-7-6-12(11-19-14)16(22)18-8-5-9-24-2/h6-7,10-11H,4-5,8-9H2,1-3H3,(H,18,22). The molecule has 1 amide bonds. The van der Waals surface area contributed by atoms with Crippen molar-refractivity contribution in [2.75, 3.05) is 34.0 Å². The minimum absolute atomic E-state index is 0.116. The third-order valence-corrected chi connectivity index (χ3v) is 3.41. The first-order chi connectivity index (χ1) is 12.6. The van der Waals surface area contributed by atoms with Gasteiger partial charge in [-0.15, -0.1) is 0 Å². The van der Waals surface area contributed by atoms with Gasteiger partial charge in [0.1, 0.15) is 0 Å². The summed E-state index contributed by atoms with van der Waals surface area (Å²) in [5, 5.41) is 6.94. The Labute approximate surface area is 151 Å². The number of pyridine rings is 1. The smallest absolute Gasteiger partial charge is 0.358 e. The van der Waals surface area contributed by atoms with Crippen LogP contribution in [0.15, 0.2) is 24.4 Å². The molecule has 0 atom stereocenters. The average molecular weight is 362 g/mol. The molecule has 0 aromatic carbocycles. The van der Waals surface area contributed by atoms with Gasteiger partial charge in [-0.2, -0.15) is 9.78 Å². The first kappa shape index (κ1) is 19.4. The molecule has 2 rings (SSSR count). The van der Waals surface area contributed by atoms with E-state index in [0.29, 0.717) is 30.4 Å². The number of carbonyl (C=O) groups is 2. The second-order valence-electron chi connectivity index (χ2n) is 5.21. The van der Waals surface area contributed by atoms with Crippen molar-refractivity contribution in [2.45, 2.75) is 13.3 Å². The molecule has 0 aliphatic carbocycles. The molecule has 0 fully saturated rings. The molecule has 9 nitrogen and oxygen atoms in total. The third kappa shape index (κ3) is 4.79. The largest absolute Gasteiger partial charge is 0.481 e. The Balaban J connectivity index is 2.12. The lowest BCUT2D eigenvalue weighted by Gasteiger charge is -2.07. The van der Waals surface area contributed by atoms with Crippen molar-refractivity contribution in [1.82, 2.24) is 20.1 Å². The van der Waals surface area contributed by atoms with Crippen molar-refractivity contribution in [3.05, 3.63) is 35.7 Å². The summed E-state index contributed by atoms with van der Waals surface area (Å²) in [6, 6.07) is 4.71. The maximum atomic E-state index is 12.0. The minimum atomic E-state index is -0.545. The van der Waals surface area contributed by atoms with E-state index in [1.54, 1.807) is 26.2 Å². The first-order valence-electron chi connectivity index (χ1n) is 8.15. The lowest BCUT2D eigenvalue weighted by atomic mass is 10.2. The van der Waals surface area contributed by atoms with Gasteiger partial charge in [0, 0.05) is 32.5 Å². The van der Waals surface area contributed by atoms with E-state index >= 15 is 0 Å². The van der Waals surface area contributed by atoms with E-state index in [1.807, 2.05) is 0 Å². The summed E-state index contributed by atoms with van der Waals surface area (Å²) in [6.07, 6.45) is 2.17. The molecule has 0 bridgehead atoms. The van der Waals surface area contributed by atoms with Crippen molar-refractivity contribution in [3.63, 3.8) is 0 Å². The summed E-state index contributed by atoms with van der Waals surface area (Å²) < 4.78 is 16.5. The molecule has 2 aromatic rings. The molecule has 0 aliphatic rings. The van der Waals surface area contributed by atoms with Crippen molar-refractivity contribution >= 4 is 11.9 Å². The minimum Gasteiger partial charge on any atom is -0.481 e. The summed E-state index contributed by atoms with van der Waals surface area (Å²) in [6.45, 7) is 3.07. The van der Waals surface area contributed by atoms with E-state index in [4.69, 9.17) is 14.2 Å². The monoisotopic (exact) mass is 362 g/mol. The van der Waals surface area contributed by atoms with Gasteiger partial charge in [-0.1, -0.05) is 0 Å². The topological polar surface area (TPSA) is 105 Å². The fourth-order valence-electron chi connectivity index (χ4n) is 2.14. The van der Waals surface area contributed by atoms with Crippen molar-refractivity contribution in [2.24, 2.45) is 0 Å². The Morgan fingerprint density at radius 1 is 1.27 bits per heavy atom. The lowest BCUT2D eigenvalue weighted by molar-refractivity contribution is 0.0518. The zero-order valence-electron chi connectivity index (χ0n) is 15.0. The van der Waals surface area contributed by atoms with Gasteiger partial charge < -0.3 is 19.5 Å². The van der Waals surface area contributed by atoms with Crippen molar-refractivity contribution in [3.8, 4) is 11.7 Å². The molecule has 0 aliphatic heterocycles. The second-order valence-corrected chi connectivity index (χ2v) is 5.21. The number of aromatic nitrogens is 3. The summed E-state index contributed by atoms with van der Waals surface area (Å²) in [5.74, 6) is -0.0259. The van der Waals surface area contributed by atoms with Crippen molar-refractivity contribution in [1.29, 1.82) is 0 Å². The molecule has 0 saturated heterocycles. The quantitative estimate of drug-likeness (QED) is 0.528. The lowest BCUT2D eigenvalue weighted by Crippen LogP contribution is -2.25. The molecule has 0 radical (unpaired) electrons. The number of nitrogens with zero attached hydrogens (tertiary/aromatic N) is 3. The fraction of sp³-hybridized carbons (Fsp3) is 0.412. The predicted octanol–water partition coefficient (Wildman–Crippen LogP) is 1.22. The highest BCUT2D eigenvalue weighted by Crippen LogP contribution is 2.18. The molecular weight excluding hydrogens is 340 g/mol. The molecule has 140 valence electrons. The van der Waals surface area contributed by atoms with Crippen LogP contribution in [0.25, 0.3) is 5.82 Å². The van der Waals surface area contributed by atoms with Crippen LogP contribution in [-0.4, -0.2) is 60.6 Å². The molecule has 2 heterocycles. The summed E-state index contributed by atoms with van der Waals surface area (Å²) in [4.78, 5) is 28.1. The number of rotatable bonds is 9. The van der Waals surface area contributed by atoms with Gasteiger partial charge in [-0.3, -0.25) is 4.79 Å². The van der Waals surface area contributed by atoms with E-state index in [-0.39, 0.29) is 18.2 Å². The van der Waals surface area contributed by atoms with Gasteiger partial charge in [-0.05, 0) is 25.5 Å². The van der Waals surface area contributed by atoms with Crippen LogP contribution < -0.4 is 10.1 Å². The molecule has 0 spiro atoms. The predicted molar refractivity (Wildman–Crippen MR) is 92.7 cm³/mol. The third-order valence-electron chi connectivity index (χ3n) is 3.41. The number of amides is 1. The van der Waals surface area contributed by atoms with Gasteiger partial charge in [0.25, 0.3) is 5.91 Å². The number of hydrogen-bond acceptors (Lipinski definition) is 7. The Hall–Kier alpha value is -2.94. The Bertz CT molecular complexity index is 742. The zero-order chi connectivity index (χ0) is 18.9. The number of nitrogens with one attached hydrogen (secondary N) is 1. The number of hydrogen-bond donors (Lipinski definition) is 1. The molecule has 1 N–H and O–H groups in total. The highest BCUT2D eigenvalue weighted by Gasteiger charge is 2.17. The highest BCUT2D eigenvalue weighted by molar-refractivity contribution is 5.93. The fourth-order valence-corrected chi connectivity index (χ4v) is 2.14. The van der Waals surface area contributed by atoms with Gasteiger partial charge in [-0.25, -0.2) is 9.78 Å². The Morgan fingerprint density at radius 2 is 2.08 bits per heavy atom. The van der Waals surface area contributed by atoms with E-state index in [9.17, 15) is 9.59 Å². The Kier molecular flexibility index (Phi) is 7.10. The average Bonchev–Trinajstić information content (AvgIpc) is 3.10. The second kappa shape index (κ2) is 9.52. The molecule has 2 aromatic heterocycles. The van der Waals surface area contributed by atoms with Crippen LogP contribution in [-0.2, 0) is 9.47 Å². The van der Waals surface area contributed by atoms with Gasteiger partial charge in [0.2, 0.25) is 5.88 Å². The van der Waals surface area contributed by atoms with Crippen LogP contribution in [0.5, 0.6) is 5.88 Å². The van der Waals surface area contributed by atoms with Gasteiger partial charge in [0.15, 0.2) is 11.5 Å². The molecule has 0 saturated carbocycles. The summed E-state index contributed by atoms with van der Waals surface area (Å²) in [7, 11) is 3.08. The van der Waals surface area contributed by atoms with Crippen LogP contribution in [0.4, 0.5) is 0 Å². The van der Waals surface area contributed by atoms with Crippen LogP contribution in [0.2, 0.25) is 0 Å². The Morgan fingerprint density at radius 3 is 2.69 bits per heavy atom. The normalized spacial score (nSPS) is 10.4.